The molecule has 21 heavy (non-hydrogen) atoms. The maximum Gasteiger partial charge on any atom is 0.347 e. The van der Waals surface area contributed by atoms with Gasteiger partial charge >= 0.3 is 5.97 Å². The van der Waals surface area contributed by atoms with Crippen molar-refractivity contribution in [3.63, 3.8) is 0 Å². The van der Waals surface area contributed by atoms with Crippen LogP contribution in [0.25, 0.3) is 0 Å². The van der Waals surface area contributed by atoms with Crippen LogP contribution in [0.15, 0.2) is 24.3 Å². The molecule has 5 nitrogen and oxygen atoms in total. The normalized spacial score (nSPS) is 14.0. The minimum absolute atomic E-state index is 0.324. The van der Waals surface area contributed by atoms with Gasteiger partial charge in [-0.25, -0.2) is 9.78 Å². The van der Waals surface area contributed by atoms with Gasteiger partial charge in [0.05, 0.1) is 12.8 Å². The van der Waals surface area contributed by atoms with Gasteiger partial charge in [-0.15, -0.1) is 0 Å². The van der Waals surface area contributed by atoms with Crippen LogP contribution >= 0.6 is 11.3 Å². The van der Waals surface area contributed by atoms with Crippen molar-refractivity contribution in [1.29, 1.82) is 0 Å². The molecule has 1 heterocycles. The Kier molecular flexibility index (Phi) is 3.55. The molecule has 0 atom stereocenters. The van der Waals surface area contributed by atoms with E-state index in [-0.39, 0.29) is 0 Å². The third-order valence-electron chi connectivity index (χ3n) is 3.55. The van der Waals surface area contributed by atoms with Crippen LogP contribution in [-0.4, -0.2) is 30.2 Å². The van der Waals surface area contributed by atoms with Crippen LogP contribution in [0.5, 0.6) is 5.75 Å². The fourth-order valence-electron chi connectivity index (χ4n) is 2.17. The molecule has 1 aliphatic carbocycles. The predicted octanol–water partition coefficient (Wildman–Crippen LogP) is 3.50. The number of hydrogen-bond acceptors (Lipinski definition) is 5. The molecule has 0 spiro atoms. The number of anilines is 2. The number of carbonyl (C=O) groups is 1. The Hall–Kier alpha value is -2.08. The highest BCUT2D eigenvalue weighted by atomic mass is 32.1. The molecule has 1 N–H and O–H groups in total. The number of hydrogen-bond donors (Lipinski definition) is 1. The van der Waals surface area contributed by atoms with E-state index in [1.165, 1.54) is 11.3 Å². The van der Waals surface area contributed by atoms with Gasteiger partial charge in [0.2, 0.25) is 0 Å². The van der Waals surface area contributed by atoms with Crippen molar-refractivity contribution in [2.75, 3.05) is 19.1 Å². The SMILES string of the molecule is COc1ccc(N(C)c2nc(C3CC3)c(C(=O)O)s2)cc1. The number of aromatic nitrogens is 1. The van der Waals surface area contributed by atoms with Crippen LogP contribution in [0.3, 0.4) is 0 Å². The average Bonchev–Trinajstić information content (AvgIpc) is 3.25. The molecule has 0 saturated heterocycles. The van der Waals surface area contributed by atoms with Crippen molar-refractivity contribution in [2.24, 2.45) is 0 Å². The van der Waals surface area contributed by atoms with Gasteiger partial charge < -0.3 is 14.7 Å². The topological polar surface area (TPSA) is 62.7 Å². The molecule has 0 bridgehead atoms. The van der Waals surface area contributed by atoms with Gasteiger partial charge in [0, 0.05) is 18.7 Å². The zero-order valence-corrected chi connectivity index (χ0v) is 12.7. The monoisotopic (exact) mass is 304 g/mol. The molecule has 1 fully saturated rings. The molecule has 1 saturated carbocycles. The van der Waals surface area contributed by atoms with Gasteiger partial charge in [0.1, 0.15) is 10.6 Å². The standard InChI is InChI=1S/C15H16N2O3S/c1-17(10-5-7-11(20-2)8-6-10)15-16-12(9-3-4-9)13(21-15)14(18)19/h5-9H,3-4H2,1-2H3,(H,18,19). The van der Waals surface area contributed by atoms with E-state index in [0.717, 1.165) is 30.0 Å². The predicted molar refractivity (Wildman–Crippen MR) is 82.1 cm³/mol. The molecule has 0 aliphatic heterocycles. The lowest BCUT2D eigenvalue weighted by molar-refractivity contribution is 0.0700. The minimum Gasteiger partial charge on any atom is -0.497 e. The molecule has 0 radical (unpaired) electrons. The van der Waals surface area contributed by atoms with Crippen molar-refractivity contribution in [3.05, 3.63) is 34.8 Å². The van der Waals surface area contributed by atoms with E-state index in [0.29, 0.717) is 15.9 Å². The second-order valence-electron chi connectivity index (χ2n) is 5.05. The summed E-state index contributed by atoms with van der Waals surface area (Å²) in [5.74, 6) is 0.227. The summed E-state index contributed by atoms with van der Waals surface area (Å²) in [5.41, 5.74) is 1.69. The van der Waals surface area contributed by atoms with Gasteiger partial charge in [-0.2, -0.15) is 0 Å². The molecule has 0 unspecified atom stereocenters. The lowest BCUT2D eigenvalue weighted by Gasteiger charge is -2.16. The van der Waals surface area contributed by atoms with E-state index >= 15 is 0 Å². The highest BCUT2D eigenvalue weighted by Gasteiger charge is 2.32. The van der Waals surface area contributed by atoms with Crippen molar-refractivity contribution in [3.8, 4) is 5.75 Å². The van der Waals surface area contributed by atoms with E-state index in [1.54, 1.807) is 7.11 Å². The Morgan fingerprint density at radius 2 is 2.05 bits per heavy atom. The van der Waals surface area contributed by atoms with Gasteiger partial charge in [0.25, 0.3) is 0 Å². The fourth-order valence-corrected chi connectivity index (χ4v) is 3.14. The van der Waals surface area contributed by atoms with Crippen LogP contribution in [0.2, 0.25) is 0 Å². The summed E-state index contributed by atoms with van der Waals surface area (Å²) >= 11 is 1.23. The van der Waals surface area contributed by atoms with E-state index in [2.05, 4.69) is 4.98 Å². The van der Waals surface area contributed by atoms with E-state index in [9.17, 15) is 9.90 Å². The Morgan fingerprint density at radius 1 is 1.38 bits per heavy atom. The van der Waals surface area contributed by atoms with Crippen LogP contribution in [-0.2, 0) is 0 Å². The molecule has 0 amide bonds. The lowest BCUT2D eigenvalue weighted by Crippen LogP contribution is -2.08. The summed E-state index contributed by atoms with van der Waals surface area (Å²) in [6.45, 7) is 0. The number of carboxylic acid groups (broad SMARTS) is 1. The third-order valence-corrected chi connectivity index (χ3v) is 4.68. The highest BCUT2D eigenvalue weighted by molar-refractivity contribution is 7.17. The summed E-state index contributed by atoms with van der Waals surface area (Å²) in [5, 5.41) is 10.0. The van der Waals surface area contributed by atoms with Crippen molar-refractivity contribution in [2.45, 2.75) is 18.8 Å². The van der Waals surface area contributed by atoms with E-state index in [1.807, 2.05) is 36.2 Å². The maximum atomic E-state index is 11.3. The fraction of sp³-hybridized carbons (Fsp3) is 0.333. The Bertz CT molecular complexity index is 662. The second kappa shape index (κ2) is 5.37. The van der Waals surface area contributed by atoms with Crippen LogP contribution in [0.4, 0.5) is 10.8 Å². The molecule has 3 rings (SSSR count). The quantitative estimate of drug-likeness (QED) is 0.916. The Labute approximate surface area is 126 Å². The summed E-state index contributed by atoms with van der Waals surface area (Å²) < 4.78 is 5.14. The van der Waals surface area contributed by atoms with Gasteiger partial charge in [0.15, 0.2) is 5.13 Å². The van der Waals surface area contributed by atoms with Crippen molar-refractivity contribution < 1.29 is 14.6 Å². The first-order valence-electron chi connectivity index (χ1n) is 6.72. The number of benzene rings is 1. The highest BCUT2D eigenvalue weighted by Crippen LogP contribution is 2.44. The van der Waals surface area contributed by atoms with Gasteiger partial charge in [-0.1, -0.05) is 11.3 Å². The second-order valence-corrected chi connectivity index (χ2v) is 6.02. The van der Waals surface area contributed by atoms with Crippen molar-refractivity contribution >= 4 is 28.1 Å². The third kappa shape index (κ3) is 2.71. The maximum absolute atomic E-state index is 11.3. The largest absolute Gasteiger partial charge is 0.497 e. The summed E-state index contributed by atoms with van der Waals surface area (Å²) in [4.78, 5) is 18.2. The molecular formula is C15H16N2O3S. The molecule has 2 aromatic rings. The minimum atomic E-state index is -0.885. The Balaban J connectivity index is 1.91. The molecule has 1 aliphatic rings. The van der Waals surface area contributed by atoms with Crippen molar-refractivity contribution in [1.82, 2.24) is 4.98 Å². The van der Waals surface area contributed by atoms with E-state index in [4.69, 9.17) is 4.74 Å². The van der Waals surface area contributed by atoms with Crippen LogP contribution < -0.4 is 9.64 Å². The molecule has 1 aromatic carbocycles. The zero-order valence-electron chi connectivity index (χ0n) is 11.9. The first-order valence-corrected chi connectivity index (χ1v) is 7.53. The number of aromatic carboxylic acids is 1. The summed E-state index contributed by atoms with van der Waals surface area (Å²) in [6.07, 6.45) is 2.07. The molecule has 110 valence electrons. The number of nitrogens with zero attached hydrogens (tertiary/aromatic N) is 2. The molecule has 1 aromatic heterocycles. The first-order chi connectivity index (χ1) is 10.1. The van der Waals surface area contributed by atoms with Crippen LogP contribution in [0.1, 0.15) is 34.1 Å². The molecule has 6 heteroatoms. The van der Waals surface area contributed by atoms with E-state index < -0.39 is 5.97 Å². The summed E-state index contributed by atoms with van der Waals surface area (Å²) in [7, 11) is 3.52. The number of rotatable bonds is 5. The average molecular weight is 304 g/mol. The zero-order chi connectivity index (χ0) is 15.0. The van der Waals surface area contributed by atoms with Gasteiger partial charge in [-0.05, 0) is 37.1 Å². The smallest absolute Gasteiger partial charge is 0.347 e. The lowest BCUT2D eigenvalue weighted by atomic mass is 10.2. The van der Waals surface area contributed by atoms with Gasteiger partial charge in [-0.3, -0.25) is 0 Å². The molecular weight excluding hydrogens is 288 g/mol. The Morgan fingerprint density at radius 3 is 2.57 bits per heavy atom. The number of ether oxygens (including phenoxy) is 1. The number of methoxy groups -OCH3 is 1. The summed E-state index contributed by atoms with van der Waals surface area (Å²) in [6, 6.07) is 7.60. The number of thiazole rings is 1. The van der Waals surface area contributed by atoms with Crippen LogP contribution in [0, 0.1) is 0 Å². The number of carboxylic acids is 1. The first kappa shape index (κ1) is 13.9.